The highest BCUT2D eigenvalue weighted by molar-refractivity contribution is 7.98. The van der Waals surface area contributed by atoms with Crippen molar-refractivity contribution in [3.8, 4) is 39.2 Å². The van der Waals surface area contributed by atoms with E-state index in [0.717, 1.165) is 33.3 Å². The number of ether oxygens (including phenoxy) is 3. The number of thiazole rings is 1. The van der Waals surface area contributed by atoms with Crippen LogP contribution in [0.3, 0.4) is 0 Å². The number of fused-ring (bicyclic) bond motifs is 1. The average molecular weight is 501 g/mol. The zero-order valence-electron chi connectivity index (χ0n) is 17.7. The van der Waals surface area contributed by atoms with Gasteiger partial charge in [0.25, 0.3) is 0 Å². The van der Waals surface area contributed by atoms with Gasteiger partial charge in [0.1, 0.15) is 10.8 Å². The van der Waals surface area contributed by atoms with E-state index in [1.807, 2.05) is 28.1 Å². The Hall–Kier alpha value is -3.44. The normalized spacial score (nSPS) is 12.3. The molecule has 0 spiro atoms. The highest BCUT2D eigenvalue weighted by Gasteiger charge is 2.17. The van der Waals surface area contributed by atoms with Crippen molar-refractivity contribution in [3.63, 3.8) is 0 Å². The molecule has 174 valence electrons. The maximum absolute atomic E-state index is 12.4. The lowest BCUT2D eigenvalue weighted by atomic mass is 10.2. The minimum absolute atomic E-state index is 0.0879. The Bertz CT molecular complexity index is 1310. The van der Waals surface area contributed by atoms with E-state index in [1.165, 1.54) is 23.9 Å². The summed E-state index contributed by atoms with van der Waals surface area (Å²) in [6.07, 6.45) is 1.76. The Morgan fingerprint density at radius 2 is 1.91 bits per heavy atom. The van der Waals surface area contributed by atoms with Crippen molar-refractivity contribution in [2.24, 2.45) is 0 Å². The Morgan fingerprint density at radius 1 is 1.12 bits per heavy atom. The molecule has 0 unspecified atom stereocenters. The molecule has 0 fully saturated rings. The van der Waals surface area contributed by atoms with E-state index >= 15 is 0 Å². The number of allylic oxidation sites excluding steroid dienone is 1. The summed E-state index contributed by atoms with van der Waals surface area (Å²) < 4.78 is 42.0. The monoisotopic (exact) mass is 500 g/mol. The fourth-order valence-corrected chi connectivity index (χ4v) is 5.12. The van der Waals surface area contributed by atoms with Gasteiger partial charge in [0.15, 0.2) is 22.5 Å². The van der Waals surface area contributed by atoms with E-state index in [1.54, 1.807) is 29.5 Å². The van der Waals surface area contributed by atoms with Gasteiger partial charge in [-0.2, -0.15) is 8.78 Å². The largest absolute Gasteiger partial charge is 0.454 e. The second kappa shape index (κ2) is 9.82. The van der Waals surface area contributed by atoms with Crippen molar-refractivity contribution in [1.82, 2.24) is 19.7 Å². The summed E-state index contributed by atoms with van der Waals surface area (Å²) >= 11 is 3.07. The predicted molar refractivity (Wildman–Crippen MR) is 126 cm³/mol. The van der Waals surface area contributed by atoms with Gasteiger partial charge in [-0.15, -0.1) is 28.1 Å². The van der Waals surface area contributed by atoms with Crippen molar-refractivity contribution in [2.45, 2.75) is 24.1 Å². The van der Waals surface area contributed by atoms with Crippen molar-refractivity contribution in [2.75, 3.05) is 6.79 Å². The zero-order valence-corrected chi connectivity index (χ0v) is 19.3. The van der Waals surface area contributed by atoms with E-state index < -0.39 is 6.61 Å². The SMILES string of the molecule is C=CCn1c(SCc2csc(-c3ccc4c(c3)OCO4)n2)nnc1-c1ccc(OC(F)F)cc1. The van der Waals surface area contributed by atoms with Gasteiger partial charge in [0.05, 0.1) is 5.69 Å². The number of hydrogen-bond donors (Lipinski definition) is 0. The summed E-state index contributed by atoms with van der Waals surface area (Å²) in [6.45, 7) is 1.69. The Kier molecular flexibility index (Phi) is 6.45. The van der Waals surface area contributed by atoms with Crippen LogP contribution in [0.4, 0.5) is 8.78 Å². The third kappa shape index (κ3) is 4.75. The van der Waals surface area contributed by atoms with Crippen LogP contribution in [0.15, 0.2) is 65.7 Å². The summed E-state index contributed by atoms with van der Waals surface area (Å²) in [5, 5.41) is 12.3. The number of halogens is 2. The first kappa shape index (κ1) is 22.4. The van der Waals surface area contributed by atoms with E-state index in [9.17, 15) is 8.78 Å². The number of rotatable bonds is 9. The van der Waals surface area contributed by atoms with Gasteiger partial charge in [-0.3, -0.25) is 4.57 Å². The second-order valence-corrected chi connectivity index (χ2v) is 8.91. The molecule has 34 heavy (non-hydrogen) atoms. The quantitative estimate of drug-likeness (QED) is 0.210. The van der Waals surface area contributed by atoms with E-state index in [0.29, 0.717) is 23.3 Å². The fraction of sp³-hybridized carbons (Fsp3) is 0.174. The van der Waals surface area contributed by atoms with Crippen molar-refractivity contribution in [3.05, 3.63) is 66.2 Å². The summed E-state index contributed by atoms with van der Waals surface area (Å²) in [6, 6.07) is 12.1. The van der Waals surface area contributed by atoms with Crippen LogP contribution >= 0.6 is 23.1 Å². The van der Waals surface area contributed by atoms with Crippen LogP contribution in [-0.2, 0) is 12.3 Å². The maximum Gasteiger partial charge on any atom is 0.387 e. The number of benzene rings is 2. The number of alkyl halides is 2. The highest BCUT2D eigenvalue weighted by atomic mass is 32.2. The molecule has 0 atom stereocenters. The van der Waals surface area contributed by atoms with Crippen LogP contribution in [0.1, 0.15) is 5.69 Å². The van der Waals surface area contributed by atoms with Gasteiger partial charge in [0, 0.05) is 28.8 Å². The van der Waals surface area contributed by atoms with Crippen LogP contribution in [0.25, 0.3) is 22.0 Å². The topological polar surface area (TPSA) is 71.3 Å². The minimum Gasteiger partial charge on any atom is -0.454 e. The lowest BCUT2D eigenvalue weighted by molar-refractivity contribution is -0.0498. The molecule has 1 aliphatic heterocycles. The highest BCUT2D eigenvalue weighted by Crippen LogP contribution is 2.37. The van der Waals surface area contributed by atoms with Crippen molar-refractivity contribution >= 4 is 23.1 Å². The Morgan fingerprint density at radius 3 is 2.71 bits per heavy atom. The van der Waals surface area contributed by atoms with E-state index in [4.69, 9.17) is 14.5 Å². The number of hydrogen-bond acceptors (Lipinski definition) is 8. The smallest absolute Gasteiger partial charge is 0.387 e. The molecule has 0 amide bonds. The Labute approximate surface area is 202 Å². The molecule has 2 aromatic heterocycles. The minimum atomic E-state index is -2.87. The van der Waals surface area contributed by atoms with Crippen LogP contribution in [0.2, 0.25) is 0 Å². The number of aromatic nitrogens is 4. The third-order valence-corrected chi connectivity index (χ3v) is 6.83. The molecule has 3 heterocycles. The maximum atomic E-state index is 12.4. The fourth-order valence-electron chi connectivity index (χ4n) is 3.36. The lowest BCUT2D eigenvalue weighted by Gasteiger charge is -2.08. The molecular formula is C23H18F2N4O3S2. The summed E-state index contributed by atoms with van der Waals surface area (Å²) in [5.41, 5.74) is 2.63. The third-order valence-electron chi connectivity index (χ3n) is 4.89. The van der Waals surface area contributed by atoms with Gasteiger partial charge in [-0.1, -0.05) is 17.8 Å². The molecule has 0 saturated heterocycles. The van der Waals surface area contributed by atoms with Gasteiger partial charge in [-0.05, 0) is 42.5 Å². The van der Waals surface area contributed by atoms with E-state index in [2.05, 4.69) is 21.5 Å². The summed E-state index contributed by atoms with van der Waals surface area (Å²) in [5.74, 6) is 2.78. The first-order valence-electron chi connectivity index (χ1n) is 10.2. The molecule has 11 heteroatoms. The molecular weight excluding hydrogens is 482 g/mol. The van der Waals surface area contributed by atoms with Crippen LogP contribution in [0.5, 0.6) is 17.2 Å². The van der Waals surface area contributed by atoms with Crippen molar-refractivity contribution < 1.29 is 23.0 Å². The number of thioether (sulfide) groups is 1. The molecule has 0 saturated carbocycles. The first-order valence-corrected chi connectivity index (χ1v) is 12.0. The van der Waals surface area contributed by atoms with Gasteiger partial charge in [-0.25, -0.2) is 4.98 Å². The Balaban J connectivity index is 1.31. The molecule has 4 aromatic rings. The molecule has 7 nitrogen and oxygen atoms in total. The lowest BCUT2D eigenvalue weighted by Crippen LogP contribution is -2.02. The average Bonchev–Trinajstić information content (AvgIpc) is 3.57. The van der Waals surface area contributed by atoms with Crippen LogP contribution < -0.4 is 14.2 Å². The first-order chi connectivity index (χ1) is 16.6. The summed E-state index contributed by atoms with van der Waals surface area (Å²) in [7, 11) is 0. The molecule has 0 bridgehead atoms. The molecule has 0 N–H and O–H groups in total. The van der Waals surface area contributed by atoms with Crippen LogP contribution in [0, 0.1) is 0 Å². The van der Waals surface area contributed by atoms with Gasteiger partial charge < -0.3 is 14.2 Å². The van der Waals surface area contributed by atoms with E-state index in [-0.39, 0.29) is 12.5 Å². The van der Waals surface area contributed by atoms with Gasteiger partial charge in [0.2, 0.25) is 6.79 Å². The molecule has 0 aliphatic carbocycles. The molecule has 1 aliphatic rings. The molecule has 5 rings (SSSR count). The standard InChI is InChI=1S/C23H18F2N4O3S2/c1-2-9-29-20(14-3-6-17(7-4-14)32-22(24)25)27-28-23(29)34-12-16-11-33-21(26-16)15-5-8-18-19(10-15)31-13-30-18/h2-8,10-11,22H,1,9,12-13H2. The van der Waals surface area contributed by atoms with Crippen molar-refractivity contribution in [1.29, 1.82) is 0 Å². The van der Waals surface area contributed by atoms with Crippen LogP contribution in [-0.4, -0.2) is 33.2 Å². The number of nitrogens with zero attached hydrogens (tertiary/aromatic N) is 4. The summed E-state index contributed by atoms with van der Waals surface area (Å²) in [4.78, 5) is 4.74. The van der Waals surface area contributed by atoms with Gasteiger partial charge >= 0.3 is 6.61 Å². The molecule has 2 aromatic carbocycles. The molecule has 0 radical (unpaired) electrons. The predicted octanol–water partition coefficient (Wildman–Crippen LogP) is 5.88. The second-order valence-electron chi connectivity index (χ2n) is 7.11. The zero-order chi connectivity index (χ0) is 23.5.